The van der Waals surface area contributed by atoms with Gasteiger partial charge in [-0.05, 0) is 20.3 Å². The lowest BCUT2D eigenvalue weighted by molar-refractivity contribution is -0.151. The number of hydrogen-bond donors (Lipinski definition) is 1. The number of esters is 1. The molecule has 0 spiro atoms. The Labute approximate surface area is 151 Å². The summed E-state index contributed by atoms with van der Waals surface area (Å²) in [7, 11) is 1.48. The molecule has 0 aromatic rings. The highest BCUT2D eigenvalue weighted by molar-refractivity contribution is 5.75. The Morgan fingerprint density at radius 1 is 0.708 bits per heavy atom. The molecular formula is C21H45NO2. The van der Waals surface area contributed by atoms with Crippen molar-refractivity contribution in [3.8, 4) is 0 Å². The molecule has 0 aliphatic heterocycles. The zero-order valence-electron chi connectivity index (χ0n) is 17.1. The minimum absolute atomic E-state index is 0. The summed E-state index contributed by atoms with van der Waals surface area (Å²) in [4.78, 5) is 11.6. The number of ether oxygens (including phenoxy) is 1. The highest BCUT2D eigenvalue weighted by Gasteiger charge is 2.27. The van der Waals surface area contributed by atoms with Crippen molar-refractivity contribution in [1.82, 2.24) is 6.15 Å². The van der Waals surface area contributed by atoms with E-state index < -0.39 is 0 Å². The van der Waals surface area contributed by atoms with Gasteiger partial charge in [-0.1, -0.05) is 96.8 Å². The summed E-state index contributed by atoms with van der Waals surface area (Å²) in [5, 5.41) is 0. The second-order valence-corrected chi connectivity index (χ2v) is 7.72. The van der Waals surface area contributed by atoms with E-state index in [0.717, 1.165) is 12.8 Å². The van der Waals surface area contributed by atoms with Gasteiger partial charge in [-0.15, -0.1) is 0 Å². The molecule has 0 aromatic heterocycles. The molecule has 0 atom stereocenters. The average molecular weight is 344 g/mol. The van der Waals surface area contributed by atoms with E-state index in [2.05, 4.69) is 6.92 Å². The monoisotopic (exact) mass is 343 g/mol. The Bertz CT molecular complexity index is 277. The van der Waals surface area contributed by atoms with Crippen molar-refractivity contribution in [2.45, 2.75) is 117 Å². The van der Waals surface area contributed by atoms with E-state index in [-0.39, 0.29) is 17.5 Å². The lowest BCUT2D eigenvalue weighted by Crippen LogP contribution is -2.25. The third-order valence-corrected chi connectivity index (χ3v) is 4.89. The third-order valence-electron chi connectivity index (χ3n) is 4.89. The fraction of sp³-hybridized carbons (Fsp3) is 0.952. The van der Waals surface area contributed by atoms with Gasteiger partial charge in [-0.3, -0.25) is 4.79 Å². The van der Waals surface area contributed by atoms with Gasteiger partial charge in [-0.25, -0.2) is 0 Å². The van der Waals surface area contributed by atoms with Gasteiger partial charge in [-0.2, -0.15) is 0 Å². The fourth-order valence-corrected chi connectivity index (χ4v) is 3.14. The first-order valence-corrected chi connectivity index (χ1v) is 10.1. The maximum absolute atomic E-state index is 11.6. The molecule has 0 fully saturated rings. The summed E-state index contributed by atoms with van der Waals surface area (Å²) in [6.07, 6.45) is 20.2. The first-order chi connectivity index (χ1) is 11.0. The van der Waals surface area contributed by atoms with Gasteiger partial charge in [0.15, 0.2) is 0 Å². The Hall–Kier alpha value is -0.570. The van der Waals surface area contributed by atoms with E-state index in [4.69, 9.17) is 4.74 Å². The van der Waals surface area contributed by atoms with E-state index in [0.29, 0.717) is 0 Å². The zero-order chi connectivity index (χ0) is 17.4. The van der Waals surface area contributed by atoms with Gasteiger partial charge >= 0.3 is 5.97 Å². The maximum atomic E-state index is 11.6. The predicted octanol–water partition coefficient (Wildman–Crippen LogP) is 7.22. The lowest BCUT2D eigenvalue weighted by atomic mass is 9.87. The van der Waals surface area contributed by atoms with Crippen LogP contribution in [0.4, 0.5) is 0 Å². The molecule has 24 heavy (non-hydrogen) atoms. The van der Waals surface area contributed by atoms with E-state index in [1.165, 1.54) is 90.6 Å². The molecule has 0 aliphatic rings. The fourth-order valence-electron chi connectivity index (χ4n) is 3.14. The predicted molar refractivity (Wildman–Crippen MR) is 106 cm³/mol. The summed E-state index contributed by atoms with van der Waals surface area (Å²) >= 11 is 0. The van der Waals surface area contributed by atoms with E-state index >= 15 is 0 Å². The maximum Gasteiger partial charge on any atom is 0.311 e. The third kappa shape index (κ3) is 15.0. The van der Waals surface area contributed by atoms with Crippen LogP contribution in [0.2, 0.25) is 0 Å². The molecule has 3 heteroatoms. The molecule has 0 aromatic carbocycles. The Balaban J connectivity index is 0. The number of rotatable bonds is 16. The standard InChI is InChI=1S/C21H42O2.H3N/c1-5-6-7-8-9-10-11-12-13-14-15-16-17-18-19-21(2,3)20(22)23-4;/h5-19H2,1-4H3;1H3. The molecule has 0 unspecified atom stereocenters. The highest BCUT2D eigenvalue weighted by atomic mass is 16.5. The van der Waals surface area contributed by atoms with Crippen LogP contribution in [0.15, 0.2) is 0 Å². The normalized spacial score (nSPS) is 11.2. The van der Waals surface area contributed by atoms with Crippen LogP contribution in [0.25, 0.3) is 0 Å². The van der Waals surface area contributed by atoms with Crippen LogP contribution in [0.3, 0.4) is 0 Å². The molecule has 0 saturated heterocycles. The Morgan fingerprint density at radius 2 is 1.04 bits per heavy atom. The van der Waals surface area contributed by atoms with Crippen LogP contribution >= 0.6 is 0 Å². The van der Waals surface area contributed by atoms with Gasteiger partial charge in [0, 0.05) is 0 Å². The zero-order valence-corrected chi connectivity index (χ0v) is 17.1. The SMILES string of the molecule is CCCCCCCCCCCCCCCCC(C)(C)C(=O)OC.N. The topological polar surface area (TPSA) is 61.3 Å². The van der Waals surface area contributed by atoms with Crippen LogP contribution < -0.4 is 6.15 Å². The molecule has 0 amide bonds. The second-order valence-electron chi connectivity index (χ2n) is 7.72. The molecule has 0 rings (SSSR count). The molecule has 0 bridgehead atoms. The van der Waals surface area contributed by atoms with E-state index in [9.17, 15) is 4.79 Å². The molecule has 3 N–H and O–H groups in total. The van der Waals surface area contributed by atoms with Gasteiger partial charge in [0.2, 0.25) is 0 Å². The number of carbonyl (C=O) groups is 1. The number of methoxy groups -OCH3 is 1. The molecule has 3 nitrogen and oxygen atoms in total. The van der Waals surface area contributed by atoms with E-state index in [1.807, 2.05) is 13.8 Å². The van der Waals surface area contributed by atoms with Crippen molar-refractivity contribution in [3.05, 3.63) is 0 Å². The summed E-state index contributed by atoms with van der Waals surface area (Å²) in [5.74, 6) is -0.0767. The number of unbranched alkanes of at least 4 members (excludes halogenated alkanes) is 13. The minimum atomic E-state index is -0.314. The quantitative estimate of drug-likeness (QED) is 0.238. The van der Waals surface area contributed by atoms with Crippen LogP contribution in [0.1, 0.15) is 117 Å². The van der Waals surface area contributed by atoms with Crippen LogP contribution in [-0.4, -0.2) is 13.1 Å². The van der Waals surface area contributed by atoms with Crippen molar-refractivity contribution in [1.29, 1.82) is 0 Å². The summed E-state index contributed by atoms with van der Waals surface area (Å²) < 4.78 is 4.85. The molecular weight excluding hydrogens is 298 g/mol. The van der Waals surface area contributed by atoms with Gasteiger partial charge < -0.3 is 10.9 Å². The van der Waals surface area contributed by atoms with E-state index in [1.54, 1.807) is 0 Å². The van der Waals surface area contributed by atoms with Crippen LogP contribution in [0, 0.1) is 5.41 Å². The molecule has 146 valence electrons. The molecule has 0 radical (unpaired) electrons. The summed E-state index contributed by atoms with van der Waals surface area (Å²) in [6.45, 7) is 6.25. The smallest absolute Gasteiger partial charge is 0.311 e. The molecule has 0 saturated carbocycles. The van der Waals surface area contributed by atoms with Crippen LogP contribution in [0.5, 0.6) is 0 Å². The lowest BCUT2D eigenvalue weighted by Gasteiger charge is -2.20. The molecule has 0 aliphatic carbocycles. The largest absolute Gasteiger partial charge is 0.469 e. The Morgan fingerprint density at radius 3 is 1.38 bits per heavy atom. The first-order valence-electron chi connectivity index (χ1n) is 10.1. The van der Waals surface area contributed by atoms with Gasteiger partial charge in [0.1, 0.15) is 0 Å². The highest BCUT2D eigenvalue weighted by Crippen LogP contribution is 2.25. The number of hydrogen-bond acceptors (Lipinski definition) is 3. The van der Waals surface area contributed by atoms with Gasteiger partial charge in [0.05, 0.1) is 12.5 Å². The van der Waals surface area contributed by atoms with Crippen molar-refractivity contribution >= 4 is 5.97 Å². The van der Waals surface area contributed by atoms with Gasteiger partial charge in [0.25, 0.3) is 0 Å². The summed E-state index contributed by atoms with van der Waals surface area (Å²) in [5.41, 5.74) is -0.314. The molecule has 0 heterocycles. The first kappa shape index (κ1) is 25.7. The van der Waals surface area contributed by atoms with Crippen molar-refractivity contribution in [2.24, 2.45) is 5.41 Å². The van der Waals surface area contributed by atoms with Crippen LogP contribution in [-0.2, 0) is 9.53 Å². The van der Waals surface area contributed by atoms with Crippen molar-refractivity contribution < 1.29 is 9.53 Å². The summed E-state index contributed by atoms with van der Waals surface area (Å²) in [6, 6.07) is 0. The number of carbonyl (C=O) groups excluding carboxylic acids is 1. The second kappa shape index (κ2) is 17.3. The average Bonchev–Trinajstić information content (AvgIpc) is 2.54. The Kier molecular flexibility index (Phi) is 18.5. The minimum Gasteiger partial charge on any atom is -0.469 e. The van der Waals surface area contributed by atoms with Crippen molar-refractivity contribution in [3.63, 3.8) is 0 Å². The van der Waals surface area contributed by atoms with Crippen molar-refractivity contribution in [2.75, 3.05) is 7.11 Å².